The van der Waals surface area contributed by atoms with E-state index in [1.165, 1.54) is 30.3 Å². The number of carbonyl (C=O) groups is 5. The third-order valence-electron chi connectivity index (χ3n) is 5.82. The van der Waals surface area contributed by atoms with Crippen molar-refractivity contribution in [3.05, 3.63) is 70.3 Å². The van der Waals surface area contributed by atoms with E-state index in [2.05, 4.69) is 0 Å². The van der Waals surface area contributed by atoms with Crippen molar-refractivity contribution in [3.63, 3.8) is 0 Å². The highest BCUT2D eigenvalue weighted by atomic mass is 16.5. The van der Waals surface area contributed by atoms with Gasteiger partial charge >= 0.3 is 5.97 Å². The second kappa shape index (κ2) is 7.69. The van der Waals surface area contributed by atoms with Crippen molar-refractivity contribution in [1.29, 1.82) is 0 Å². The Labute approximate surface area is 182 Å². The van der Waals surface area contributed by atoms with Crippen molar-refractivity contribution in [2.24, 2.45) is 0 Å². The Morgan fingerprint density at radius 1 is 0.875 bits per heavy atom. The maximum absolute atomic E-state index is 12.7. The molecular formula is C23H18N2O7. The summed E-state index contributed by atoms with van der Waals surface area (Å²) in [4.78, 5) is 64.6. The van der Waals surface area contributed by atoms with Gasteiger partial charge < -0.3 is 9.47 Å². The number of ether oxygens (including phenoxy) is 2. The smallest absolute Gasteiger partial charge is 0.339 e. The molecule has 9 nitrogen and oxygen atoms in total. The van der Waals surface area contributed by atoms with Crippen LogP contribution in [0.3, 0.4) is 0 Å². The van der Waals surface area contributed by atoms with E-state index in [0.29, 0.717) is 6.61 Å². The quantitative estimate of drug-likeness (QED) is 0.522. The molecule has 32 heavy (non-hydrogen) atoms. The van der Waals surface area contributed by atoms with E-state index in [1.807, 2.05) is 0 Å². The summed E-state index contributed by atoms with van der Waals surface area (Å²) in [5.41, 5.74) is 0.872. The van der Waals surface area contributed by atoms with Gasteiger partial charge in [-0.3, -0.25) is 24.1 Å². The molecule has 0 saturated carbocycles. The van der Waals surface area contributed by atoms with Crippen molar-refractivity contribution in [2.75, 3.05) is 19.9 Å². The maximum Gasteiger partial charge on any atom is 0.339 e. The van der Waals surface area contributed by atoms with E-state index in [4.69, 9.17) is 9.47 Å². The average Bonchev–Trinajstić information content (AvgIpc) is 3.47. The van der Waals surface area contributed by atoms with Crippen molar-refractivity contribution in [2.45, 2.75) is 18.9 Å². The molecule has 0 N–H and O–H groups in total. The molecule has 3 aliphatic rings. The highest BCUT2D eigenvalue weighted by Crippen LogP contribution is 2.27. The minimum absolute atomic E-state index is 0.0421. The van der Waals surface area contributed by atoms with Gasteiger partial charge in [0.25, 0.3) is 23.6 Å². The standard InChI is InChI=1S/C23H18N2O7/c26-19-17-8-7-13(10-18(17)22(29)24(19)11-14-4-3-9-31-14)23(30)32-12-25-20(27)15-5-1-2-6-16(15)21(25)28/h1-2,5-8,10,14H,3-4,9,11-12H2. The van der Waals surface area contributed by atoms with Crippen LogP contribution in [0.2, 0.25) is 0 Å². The number of fused-ring (bicyclic) bond motifs is 2. The predicted octanol–water partition coefficient (Wildman–Crippen LogP) is 1.87. The first-order valence-corrected chi connectivity index (χ1v) is 10.2. The number of benzene rings is 2. The molecule has 1 atom stereocenters. The van der Waals surface area contributed by atoms with Crippen LogP contribution in [0.4, 0.5) is 0 Å². The highest BCUT2D eigenvalue weighted by Gasteiger charge is 2.39. The van der Waals surface area contributed by atoms with E-state index in [1.54, 1.807) is 12.1 Å². The zero-order chi connectivity index (χ0) is 22.4. The summed E-state index contributed by atoms with van der Waals surface area (Å²) in [6, 6.07) is 10.4. The third kappa shape index (κ3) is 3.18. The van der Waals surface area contributed by atoms with Crippen molar-refractivity contribution in [3.8, 4) is 0 Å². The molecule has 1 saturated heterocycles. The molecule has 4 amide bonds. The number of hydrogen-bond donors (Lipinski definition) is 0. The van der Waals surface area contributed by atoms with Gasteiger partial charge in [0.15, 0.2) is 6.73 Å². The fourth-order valence-electron chi connectivity index (χ4n) is 4.14. The first kappa shape index (κ1) is 20.1. The topological polar surface area (TPSA) is 110 Å². The fraction of sp³-hybridized carbons (Fsp3) is 0.261. The molecule has 0 aliphatic carbocycles. The van der Waals surface area contributed by atoms with Gasteiger partial charge in [0.05, 0.1) is 40.5 Å². The maximum atomic E-state index is 12.7. The molecule has 3 aliphatic heterocycles. The molecule has 0 radical (unpaired) electrons. The largest absolute Gasteiger partial charge is 0.440 e. The monoisotopic (exact) mass is 434 g/mol. The summed E-state index contributed by atoms with van der Waals surface area (Å²) in [5.74, 6) is -2.82. The van der Waals surface area contributed by atoms with Gasteiger partial charge in [-0.2, -0.15) is 0 Å². The van der Waals surface area contributed by atoms with Gasteiger partial charge in [-0.15, -0.1) is 0 Å². The number of rotatable bonds is 5. The Balaban J connectivity index is 1.28. The Kier molecular flexibility index (Phi) is 4.82. The molecule has 0 aromatic heterocycles. The van der Waals surface area contributed by atoms with E-state index in [0.717, 1.165) is 22.6 Å². The van der Waals surface area contributed by atoms with Crippen LogP contribution in [0.5, 0.6) is 0 Å². The molecule has 5 rings (SSSR count). The number of nitrogens with zero attached hydrogens (tertiary/aromatic N) is 2. The second-order valence-electron chi connectivity index (χ2n) is 7.76. The highest BCUT2D eigenvalue weighted by molar-refractivity contribution is 6.22. The summed E-state index contributed by atoms with van der Waals surface area (Å²) < 4.78 is 10.7. The van der Waals surface area contributed by atoms with Crippen LogP contribution in [0.1, 0.15) is 64.6 Å². The Bertz CT molecular complexity index is 1150. The average molecular weight is 434 g/mol. The number of carbonyl (C=O) groups excluding carboxylic acids is 5. The summed E-state index contributed by atoms with van der Waals surface area (Å²) in [6.07, 6.45) is 1.49. The number of amides is 4. The minimum atomic E-state index is -0.817. The van der Waals surface area contributed by atoms with Crippen LogP contribution in [0.25, 0.3) is 0 Å². The normalized spacial score (nSPS) is 19.6. The number of hydrogen-bond acceptors (Lipinski definition) is 7. The Morgan fingerprint density at radius 2 is 1.50 bits per heavy atom. The van der Waals surface area contributed by atoms with Gasteiger partial charge in [-0.25, -0.2) is 9.69 Å². The van der Waals surface area contributed by atoms with E-state index < -0.39 is 36.3 Å². The molecule has 9 heteroatoms. The molecule has 3 heterocycles. The van der Waals surface area contributed by atoms with Crippen LogP contribution in [0, 0.1) is 0 Å². The molecule has 1 fully saturated rings. The number of esters is 1. The lowest BCUT2D eigenvalue weighted by atomic mass is 10.1. The summed E-state index contributed by atoms with van der Waals surface area (Å²) >= 11 is 0. The molecule has 0 bridgehead atoms. The lowest BCUT2D eigenvalue weighted by Gasteiger charge is -2.17. The summed E-state index contributed by atoms with van der Waals surface area (Å²) in [5, 5.41) is 0. The van der Waals surface area contributed by atoms with Crippen molar-refractivity contribution >= 4 is 29.6 Å². The molecule has 1 unspecified atom stereocenters. The lowest BCUT2D eigenvalue weighted by Crippen LogP contribution is -2.36. The van der Waals surface area contributed by atoms with Crippen molar-refractivity contribution in [1.82, 2.24) is 9.80 Å². The molecular weight excluding hydrogens is 416 g/mol. The Morgan fingerprint density at radius 3 is 2.16 bits per heavy atom. The van der Waals surface area contributed by atoms with E-state index >= 15 is 0 Å². The first-order chi connectivity index (χ1) is 15.5. The van der Waals surface area contributed by atoms with Crippen molar-refractivity contribution < 1.29 is 33.4 Å². The molecule has 162 valence electrons. The first-order valence-electron chi connectivity index (χ1n) is 10.2. The van der Waals surface area contributed by atoms with Gasteiger partial charge in [-0.1, -0.05) is 12.1 Å². The molecule has 2 aromatic carbocycles. The van der Waals surface area contributed by atoms with Gasteiger partial charge in [0, 0.05) is 6.61 Å². The SMILES string of the molecule is O=C(OCN1C(=O)c2ccccc2C1=O)c1ccc2c(c1)C(=O)N(CC1CCCO1)C2=O. The zero-order valence-electron chi connectivity index (χ0n) is 16.9. The van der Waals surface area contributed by atoms with Crippen LogP contribution >= 0.6 is 0 Å². The zero-order valence-corrected chi connectivity index (χ0v) is 16.9. The predicted molar refractivity (Wildman–Crippen MR) is 108 cm³/mol. The number of imide groups is 2. The molecule has 0 spiro atoms. The molecule has 2 aromatic rings. The van der Waals surface area contributed by atoms with Crippen LogP contribution in [-0.2, 0) is 9.47 Å². The third-order valence-corrected chi connectivity index (χ3v) is 5.82. The summed E-state index contributed by atoms with van der Waals surface area (Å²) in [7, 11) is 0. The van der Waals surface area contributed by atoms with Crippen LogP contribution in [-0.4, -0.2) is 65.4 Å². The lowest BCUT2D eigenvalue weighted by molar-refractivity contribution is 0.0227. The van der Waals surface area contributed by atoms with E-state index in [-0.39, 0.29) is 40.5 Å². The second-order valence-corrected chi connectivity index (χ2v) is 7.76. The van der Waals surface area contributed by atoms with Gasteiger partial charge in [0.1, 0.15) is 0 Å². The van der Waals surface area contributed by atoms with Crippen LogP contribution in [0.15, 0.2) is 42.5 Å². The fourth-order valence-corrected chi connectivity index (χ4v) is 4.14. The van der Waals surface area contributed by atoms with Gasteiger partial charge in [-0.05, 0) is 43.2 Å². The summed E-state index contributed by atoms with van der Waals surface area (Å²) in [6.45, 7) is 0.225. The van der Waals surface area contributed by atoms with Crippen LogP contribution < -0.4 is 0 Å². The Hall–Kier alpha value is -3.85. The van der Waals surface area contributed by atoms with E-state index in [9.17, 15) is 24.0 Å². The minimum Gasteiger partial charge on any atom is -0.440 e. The van der Waals surface area contributed by atoms with Gasteiger partial charge in [0.2, 0.25) is 0 Å².